The lowest BCUT2D eigenvalue weighted by Crippen LogP contribution is -2.43. The molecule has 5 rings (SSSR count). The fraction of sp³-hybridized carbons (Fsp3) is 0.304. The van der Waals surface area contributed by atoms with Crippen molar-refractivity contribution in [2.24, 2.45) is 0 Å². The molecule has 0 spiro atoms. The minimum atomic E-state index is -0.144. The van der Waals surface area contributed by atoms with E-state index in [1.165, 1.54) is 6.07 Å². The number of piperazine rings is 1. The van der Waals surface area contributed by atoms with Crippen LogP contribution in [-0.2, 0) is 6.54 Å². The molecule has 1 aromatic carbocycles. The normalized spacial score (nSPS) is 15.8. The highest BCUT2D eigenvalue weighted by atomic mass is 16.5. The van der Waals surface area contributed by atoms with Gasteiger partial charge in [-0.15, -0.1) is 0 Å². The minimum Gasteiger partial charge on any atom is -0.495 e. The molecule has 4 heterocycles. The molecule has 1 aliphatic rings. The molecule has 7 nitrogen and oxygen atoms in total. The van der Waals surface area contributed by atoms with Gasteiger partial charge in [0.05, 0.1) is 24.3 Å². The van der Waals surface area contributed by atoms with Gasteiger partial charge in [-0.3, -0.25) is 14.7 Å². The Labute approximate surface area is 173 Å². The van der Waals surface area contributed by atoms with E-state index in [1.54, 1.807) is 25.8 Å². The van der Waals surface area contributed by atoms with Crippen molar-refractivity contribution in [1.29, 1.82) is 0 Å². The number of rotatable bonds is 4. The number of furan rings is 1. The van der Waals surface area contributed by atoms with Crippen molar-refractivity contribution in [3.8, 4) is 17.1 Å². The van der Waals surface area contributed by atoms with Gasteiger partial charge in [0.25, 0.3) is 0 Å². The Morgan fingerprint density at radius 2 is 2.00 bits per heavy atom. The molecule has 0 radical (unpaired) electrons. The molecule has 3 aromatic heterocycles. The van der Waals surface area contributed by atoms with Crippen LogP contribution in [0, 0.1) is 0 Å². The summed E-state index contributed by atoms with van der Waals surface area (Å²) in [5, 5.41) is 1.23. The molecule has 0 bridgehead atoms. The van der Waals surface area contributed by atoms with Gasteiger partial charge in [-0.1, -0.05) is 0 Å². The van der Waals surface area contributed by atoms with Crippen LogP contribution in [0.2, 0.25) is 0 Å². The van der Waals surface area contributed by atoms with Gasteiger partial charge in [0.2, 0.25) is 0 Å². The maximum absolute atomic E-state index is 13.2. The molecule has 0 amide bonds. The molecule has 1 aliphatic heterocycles. The van der Waals surface area contributed by atoms with E-state index >= 15 is 0 Å². The topological polar surface area (TPSA) is 72.0 Å². The molecule has 4 aromatic rings. The quantitative estimate of drug-likeness (QED) is 0.515. The second-order valence-electron chi connectivity index (χ2n) is 7.68. The van der Waals surface area contributed by atoms with Crippen LogP contribution in [0.4, 0.5) is 0 Å². The van der Waals surface area contributed by atoms with Crippen molar-refractivity contribution in [2.45, 2.75) is 6.54 Å². The maximum Gasteiger partial charge on any atom is 0.197 e. The van der Waals surface area contributed by atoms with E-state index in [9.17, 15) is 4.79 Å². The lowest BCUT2D eigenvalue weighted by molar-refractivity contribution is 0.148. The van der Waals surface area contributed by atoms with Crippen molar-refractivity contribution >= 4 is 21.9 Å². The van der Waals surface area contributed by atoms with E-state index in [0.717, 1.165) is 42.7 Å². The Kier molecular flexibility index (Phi) is 4.77. The number of methoxy groups -OCH3 is 1. The van der Waals surface area contributed by atoms with Crippen LogP contribution in [0.3, 0.4) is 0 Å². The van der Waals surface area contributed by atoms with Gasteiger partial charge in [-0.2, -0.15) is 0 Å². The van der Waals surface area contributed by atoms with Crippen LogP contribution in [0.5, 0.6) is 5.75 Å². The zero-order chi connectivity index (χ0) is 20.7. The SMILES string of the molecule is COc1c2ccoc2c(CN2CCN(C)CC2)c2oc(-c3cccnc3)cc(=O)c12. The summed E-state index contributed by atoms with van der Waals surface area (Å²) in [6.07, 6.45) is 5.01. The largest absolute Gasteiger partial charge is 0.495 e. The van der Waals surface area contributed by atoms with Gasteiger partial charge >= 0.3 is 0 Å². The summed E-state index contributed by atoms with van der Waals surface area (Å²) in [6, 6.07) is 7.05. The van der Waals surface area contributed by atoms with E-state index in [-0.39, 0.29) is 5.43 Å². The molecule has 0 saturated carbocycles. The Balaban J connectivity index is 1.75. The van der Waals surface area contributed by atoms with Gasteiger partial charge in [0.15, 0.2) is 11.0 Å². The molecule has 7 heteroatoms. The second-order valence-corrected chi connectivity index (χ2v) is 7.68. The molecule has 1 saturated heterocycles. The minimum absolute atomic E-state index is 0.144. The number of likely N-dealkylation sites (N-methyl/N-ethyl adjacent to an activating group) is 1. The monoisotopic (exact) mass is 405 g/mol. The van der Waals surface area contributed by atoms with E-state index in [0.29, 0.717) is 34.6 Å². The smallest absolute Gasteiger partial charge is 0.197 e. The van der Waals surface area contributed by atoms with Crippen molar-refractivity contribution in [2.75, 3.05) is 40.3 Å². The first-order chi connectivity index (χ1) is 14.7. The number of aromatic nitrogens is 1. The molecular weight excluding hydrogens is 382 g/mol. The first-order valence-corrected chi connectivity index (χ1v) is 10.0. The molecular formula is C23H23N3O4. The Morgan fingerprint density at radius 1 is 1.17 bits per heavy atom. The third kappa shape index (κ3) is 3.16. The van der Waals surface area contributed by atoms with Crippen LogP contribution in [-0.4, -0.2) is 55.1 Å². The average Bonchev–Trinajstić information content (AvgIpc) is 3.25. The highest BCUT2D eigenvalue weighted by molar-refractivity contribution is 6.04. The van der Waals surface area contributed by atoms with Gasteiger partial charge in [-0.25, -0.2) is 0 Å². The lowest BCUT2D eigenvalue weighted by atomic mass is 10.0. The van der Waals surface area contributed by atoms with E-state index in [2.05, 4.69) is 21.8 Å². The number of hydrogen-bond acceptors (Lipinski definition) is 7. The second kappa shape index (κ2) is 7.59. The number of hydrogen-bond donors (Lipinski definition) is 0. The lowest BCUT2D eigenvalue weighted by Gasteiger charge is -2.32. The first kappa shape index (κ1) is 18.8. The van der Waals surface area contributed by atoms with Crippen molar-refractivity contribution < 1.29 is 13.6 Å². The predicted octanol–water partition coefficient (Wildman–Crippen LogP) is 3.36. The molecule has 0 aliphatic carbocycles. The summed E-state index contributed by atoms with van der Waals surface area (Å²) in [5.74, 6) is 0.968. The number of nitrogens with zero attached hydrogens (tertiary/aromatic N) is 3. The highest BCUT2D eigenvalue weighted by Crippen LogP contribution is 2.39. The van der Waals surface area contributed by atoms with E-state index < -0.39 is 0 Å². The summed E-state index contributed by atoms with van der Waals surface area (Å²) < 4.78 is 17.8. The Bertz CT molecular complexity index is 1250. The van der Waals surface area contributed by atoms with Crippen molar-refractivity contribution in [1.82, 2.24) is 14.8 Å². The Hall–Kier alpha value is -3.16. The standard InChI is InChI=1S/C23H23N3O4/c1-25-7-9-26(10-8-25)14-17-21-16(5-11-29-21)22(28-2)20-18(27)12-19(30-23(17)20)15-4-3-6-24-13-15/h3-6,11-13H,7-10,14H2,1-2H3. The molecule has 0 unspecified atom stereocenters. The summed E-state index contributed by atoms with van der Waals surface area (Å²) in [4.78, 5) is 22.0. The van der Waals surface area contributed by atoms with Crippen LogP contribution in [0.1, 0.15) is 5.56 Å². The fourth-order valence-corrected chi connectivity index (χ4v) is 4.12. The third-order valence-corrected chi connectivity index (χ3v) is 5.76. The third-order valence-electron chi connectivity index (χ3n) is 5.76. The molecule has 154 valence electrons. The predicted molar refractivity (Wildman–Crippen MR) is 115 cm³/mol. The van der Waals surface area contributed by atoms with Gasteiger partial charge < -0.3 is 18.5 Å². The summed E-state index contributed by atoms with van der Waals surface area (Å²) in [7, 11) is 3.69. The molecule has 30 heavy (non-hydrogen) atoms. The summed E-state index contributed by atoms with van der Waals surface area (Å²) in [6.45, 7) is 4.52. The number of ether oxygens (including phenoxy) is 1. The number of fused-ring (bicyclic) bond motifs is 2. The highest BCUT2D eigenvalue weighted by Gasteiger charge is 2.25. The van der Waals surface area contributed by atoms with Crippen molar-refractivity contribution in [3.05, 3.63) is 58.7 Å². The zero-order valence-electron chi connectivity index (χ0n) is 17.1. The van der Waals surface area contributed by atoms with Gasteiger partial charge in [0.1, 0.15) is 22.5 Å². The van der Waals surface area contributed by atoms with Crippen LogP contribution in [0.15, 0.2) is 56.6 Å². The van der Waals surface area contributed by atoms with Crippen LogP contribution < -0.4 is 10.2 Å². The van der Waals surface area contributed by atoms with Gasteiger partial charge in [0, 0.05) is 56.7 Å². The zero-order valence-corrected chi connectivity index (χ0v) is 17.1. The van der Waals surface area contributed by atoms with Crippen molar-refractivity contribution in [3.63, 3.8) is 0 Å². The van der Waals surface area contributed by atoms with E-state index in [4.69, 9.17) is 13.6 Å². The summed E-state index contributed by atoms with van der Waals surface area (Å²) in [5.41, 5.74) is 2.69. The molecule has 0 atom stereocenters. The fourth-order valence-electron chi connectivity index (χ4n) is 4.12. The average molecular weight is 405 g/mol. The molecule has 1 fully saturated rings. The Morgan fingerprint density at radius 3 is 2.73 bits per heavy atom. The van der Waals surface area contributed by atoms with Crippen LogP contribution in [0.25, 0.3) is 33.3 Å². The van der Waals surface area contributed by atoms with Gasteiger partial charge in [-0.05, 0) is 25.2 Å². The van der Waals surface area contributed by atoms with E-state index in [1.807, 2.05) is 18.2 Å². The number of pyridine rings is 1. The van der Waals surface area contributed by atoms with Crippen LogP contribution >= 0.6 is 0 Å². The maximum atomic E-state index is 13.2. The number of benzene rings is 1. The summed E-state index contributed by atoms with van der Waals surface area (Å²) >= 11 is 0. The first-order valence-electron chi connectivity index (χ1n) is 10.0. The molecule has 0 N–H and O–H groups in total.